The largest absolute Gasteiger partial charge is 0.432 e. The first-order chi connectivity index (χ1) is 7.33. The number of hydrogen-bond donors (Lipinski definition) is 0. The minimum atomic E-state index is -0.373. The molecule has 2 aromatic carbocycles. The van der Waals surface area contributed by atoms with Gasteiger partial charge in [-0.3, -0.25) is 0 Å². The van der Waals surface area contributed by atoms with Crippen molar-refractivity contribution in [2.75, 3.05) is 0 Å². The van der Waals surface area contributed by atoms with Crippen LogP contribution in [0.1, 0.15) is 10.4 Å². The first kappa shape index (κ1) is 12.6. The molecule has 0 heterocycles. The summed E-state index contributed by atoms with van der Waals surface area (Å²) in [6.45, 7) is 3.36. The van der Waals surface area contributed by atoms with Crippen LogP contribution < -0.4 is 0 Å². The van der Waals surface area contributed by atoms with E-state index in [9.17, 15) is 4.79 Å². The van der Waals surface area contributed by atoms with Crippen molar-refractivity contribution in [1.82, 2.24) is 0 Å². The molecule has 0 aromatic heterocycles. The summed E-state index contributed by atoms with van der Waals surface area (Å²) in [4.78, 5) is 11.6. The number of esters is 1. The molecule has 2 nitrogen and oxygen atoms in total. The Balaban J connectivity index is 0.00000128. The van der Waals surface area contributed by atoms with Crippen LogP contribution in [0.5, 0.6) is 0 Å². The van der Waals surface area contributed by atoms with Crippen molar-refractivity contribution in [3.05, 3.63) is 60.9 Å². The quantitative estimate of drug-likeness (QED) is 0.428. The zero-order chi connectivity index (χ0) is 10.7. The third-order valence-corrected chi connectivity index (χ3v) is 2.20. The van der Waals surface area contributed by atoms with Crippen molar-refractivity contribution in [1.29, 1.82) is 0 Å². The zero-order valence-electron chi connectivity index (χ0n) is 9.14. The molecule has 0 spiro atoms. The van der Waals surface area contributed by atoms with Crippen LogP contribution in [0, 0.1) is 0 Å². The molecule has 0 bridgehead atoms. The summed E-state index contributed by atoms with van der Waals surface area (Å²) in [7, 11) is 0. The molecule has 0 atom stereocenters. The summed E-state index contributed by atoms with van der Waals surface area (Å²) in [6, 6.07) is 13.2. The number of benzene rings is 2. The molecule has 0 N–H and O–H groups in total. The fourth-order valence-electron chi connectivity index (χ4n) is 1.54. The number of rotatable bonds is 2. The topological polar surface area (TPSA) is 26.3 Å². The van der Waals surface area contributed by atoms with E-state index in [-0.39, 0.29) is 24.8 Å². The first-order valence-corrected chi connectivity index (χ1v) is 4.62. The fraction of sp³-hybridized carbons (Fsp3) is 0. The standard InChI is InChI=1S/C13H10O2.Li/c1-2-15-13(14)12-9-5-7-10-6-3-4-8-11(10)12;/h2-9H,1H2;. The summed E-state index contributed by atoms with van der Waals surface area (Å²) in [5, 5.41) is 1.92. The molecule has 0 unspecified atom stereocenters. The monoisotopic (exact) mass is 205 g/mol. The van der Waals surface area contributed by atoms with Gasteiger partial charge in [-0.15, -0.1) is 0 Å². The Morgan fingerprint density at radius 3 is 2.56 bits per heavy atom. The molecule has 0 aliphatic carbocycles. The van der Waals surface area contributed by atoms with E-state index in [4.69, 9.17) is 4.74 Å². The first-order valence-electron chi connectivity index (χ1n) is 4.62. The van der Waals surface area contributed by atoms with Crippen LogP contribution >= 0.6 is 0 Å². The van der Waals surface area contributed by atoms with Crippen molar-refractivity contribution in [2.24, 2.45) is 0 Å². The van der Waals surface area contributed by atoms with E-state index in [0.29, 0.717) is 5.56 Å². The van der Waals surface area contributed by atoms with Crippen molar-refractivity contribution in [2.45, 2.75) is 0 Å². The Morgan fingerprint density at radius 1 is 1.12 bits per heavy atom. The molecule has 0 saturated heterocycles. The van der Waals surface area contributed by atoms with Crippen molar-refractivity contribution in [3.8, 4) is 0 Å². The number of carbonyl (C=O) groups is 1. The van der Waals surface area contributed by atoms with Gasteiger partial charge in [-0.05, 0) is 16.8 Å². The normalized spacial score (nSPS) is 9.25. The third-order valence-electron chi connectivity index (χ3n) is 2.20. The molecule has 16 heavy (non-hydrogen) atoms. The van der Waals surface area contributed by atoms with Gasteiger partial charge < -0.3 is 4.74 Å². The SMILES string of the molecule is C=COC(=O)c1cccc2ccccc12.[Li]. The molecular weight excluding hydrogens is 195 g/mol. The maximum atomic E-state index is 11.6. The minimum Gasteiger partial charge on any atom is -0.432 e. The van der Waals surface area contributed by atoms with E-state index >= 15 is 0 Å². The van der Waals surface area contributed by atoms with Crippen LogP contribution in [0.25, 0.3) is 10.8 Å². The second-order valence-corrected chi connectivity index (χ2v) is 3.10. The van der Waals surface area contributed by atoms with Crippen LogP contribution in [0.4, 0.5) is 0 Å². The molecule has 2 rings (SSSR count). The second-order valence-electron chi connectivity index (χ2n) is 3.10. The Bertz CT molecular complexity index is 515. The average Bonchev–Trinajstić information content (AvgIpc) is 2.28. The van der Waals surface area contributed by atoms with E-state index in [1.54, 1.807) is 6.07 Å². The maximum absolute atomic E-state index is 11.6. The van der Waals surface area contributed by atoms with Crippen LogP contribution in [-0.2, 0) is 4.74 Å². The van der Waals surface area contributed by atoms with Gasteiger partial charge in [0.15, 0.2) is 0 Å². The minimum absolute atomic E-state index is 0. The maximum Gasteiger partial charge on any atom is 0.343 e. The van der Waals surface area contributed by atoms with Crippen molar-refractivity contribution in [3.63, 3.8) is 0 Å². The Kier molecular flexibility index (Phi) is 4.36. The van der Waals surface area contributed by atoms with Crippen LogP contribution in [0.15, 0.2) is 55.3 Å². The smallest absolute Gasteiger partial charge is 0.343 e. The molecule has 1 radical (unpaired) electrons. The van der Waals surface area contributed by atoms with Gasteiger partial charge in [-0.1, -0.05) is 43.0 Å². The van der Waals surface area contributed by atoms with Gasteiger partial charge >= 0.3 is 5.97 Å². The summed E-state index contributed by atoms with van der Waals surface area (Å²) in [5.74, 6) is -0.373. The number of fused-ring (bicyclic) bond motifs is 1. The number of carbonyl (C=O) groups excluding carboxylic acids is 1. The third kappa shape index (κ3) is 2.36. The molecular formula is C13H10LiO2. The summed E-state index contributed by atoms with van der Waals surface area (Å²) in [5.41, 5.74) is 0.563. The second kappa shape index (κ2) is 5.55. The molecule has 0 aliphatic heterocycles. The summed E-state index contributed by atoms with van der Waals surface area (Å²) >= 11 is 0. The van der Waals surface area contributed by atoms with Crippen molar-refractivity contribution < 1.29 is 9.53 Å². The van der Waals surface area contributed by atoms with Crippen LogP contribution in [0.3, 0.4) is 0 Å². The van der Waals surface area contributed by atoms with Gasteiger partial charge in [0.1, 0.15) is 0 Å². The number of hydrogen-bond acceptors (Lipinski definition) is 2. The molecule has 75 valence electrons. The van der Waals surface area contributed by atoms with Gasteiger partial charge in [0.2, 0.25) is 0 Å². The van der Waals surface area contributed by atoms with E-state index in [1.807, 2.05) is 36.4 Å². The van der Waals surface area contributed by atoms with Gasteiger partial charge in [0.05, 0.1) is 11.8 Å². The van der Waals surface area contributed by atoms with Crippen LogP contribution in [-0.4, -0.2) is 24.8 Å². The van der Waals surface area contributed by atoms with Gasteiger partial charge in [-0.25, -0.2) is 4.79 Å². The van der Waals surface area contributed by atoms with Crippen molar-refractivity contribution >= 4 is 35.6 Å². The zero-order valence-corrected chi connectivity index (χ0v) is 9.14. The van der Waals surface area contributed by atoms with E-state index in [0.717, 1.165) is 17.0 Å². The molecule has 0 saturated carbocycles. The van der Waals surface area contributed by atoms with Gasteiger partial charge in [-0.2, -0.15) is 0 Å². The Labute approximate surface area is 106 Å². The van der Waals surface area contributed by atoms with E-state index in [2.05, 4.69) is 6.58 Å². The fourth-order valence-corrected chi connectivity index (χ4v) is 1.54. The van der Waals surface area contributed by atoms with Crippen LogP contribution in [0.2, 0.25) is 0 Å². The van der Waals surface area contributed by atoms with E-state index in [1.165, 1.54) is 0 Å². The Morgan fingerprint density at radius 2 is 1.81 bits per heavy atom. The average molecular weight is 205 g/mol. The van der Waals surface area contributed by atoms with E-state index < -0.39 is 0 Å². The predicted octanol–water partition coefficient (Wildman–Crippen LogP) is 2.76. The van der Waals surface area contributed by atoms with Gasteiger partial charge in [0, 0.05) is 18.9 Å². The molecule has 0 fully saturated rings. The Hall–Kier alpha value is -1.49. The molecule has 0 amide bonds. The molecule has 2 aromatic rings. The summed E-state index contributed by atoms with van der Waals surface area (Å²) in [6.07, 6.45) is 1.14. The summed E-state index contributed by atoms with van der Waals surface area (Å²) < 4.78 is 4.76. The number of ether oxygens (including phenoxy) is 1. The molecule has 0 aliphatic rings. The van der Waals surface area contributed by atoms with Gasteiger partial charge in [0.25, 0.3) is 0 Å². The predicted molar refractivity (Wildman–Crippen MR) is 65.3 cm³/mol. The molecule has 3 heteroatoms.